The molecule has 1 aromatic carbocycles. The number of fused-ring (bicyclic) bond motifs is 2. The van der Waals surface area contributed by atoms with Gasteiger partial charge >= 0.3 is 0 Å². The van der Waals surface area contributed by atoms with Crippen LogP contribution in [0.2, 0.25) is 0 Å². The van der Waals surface area contributed by atoms with Crippen LogP contribution in [-0.4, -0.2) is 76.8 Å². The summed E-state index contributed by atoms with van der Waals surface area (Å²) in [7, 11) is 5.40. The molecule has 0 spiro atoms. The molecule has 2 saturated heterocycles. The maximum Gasteiger partial charge on any atom is 0.161 e. The molecule has 0 N–H and O–H groups in total. The van der Waals surface area contributed by atoms with Gasteiger partial charge in [-0.15, -0.1) is 0 Å². The lowest BCUT2D eigenvalue weighted by Gasteiger charge is -2.38. The van der Waals surface area contributed by atoms with Crippen molar-refractivity contribution in [3.05, 3.63) is 35.5 Å². The topological polar surface area (TPSA) is 55.7 Å². The van der Waals surface area contributed by atoms with E-state index in [0.29, 0.717) is 11.7 Å². The Morgan fingerprint density at radius 2 is 1.54 bits per heavy atom. The zero-order valence-corrected chi connectivity index (χ0v) is 24.0. The van der Waals surface area contributed by atoms with Crippen LogP contribution < -0.4 is 9.47 Å². The lowest BCUT2D eigenvalue weighted by molar-refractivity contribution is 0.120. The fourth-order valence-electron chi connectivity index (χ4n) is 7.98. The summed E-state index contributed by atoms with van der Waals surface area (Å²) < 4.78 is 13.1. The SMILES string of the molecule is COc1ccc(-c2nc3c(C)cc(C4CCN(C5CC6CN(C7CCC7)CC6C5)CC4)nc3n2C)cc1OC. The van der Waals surface area contributed by atoms with Crippen molar-refractivity contribution in [3.8, 4) is 22.9 Å². The normalized spacial score (nSPS) is 26.7. The van der Waals surface area contributed by atoms with E-state index in [4.69, 9.17) is 19.4 Å². The van der Waals surface area contributed by atoms with Gasteiger partial charge in [0.05, 0.1) is 14.2 Å². The van der Waals surface area contributed by atoms with Crippen molar-refractivity contribution in [2.45, 2.75) is 69.9 Å². The van der Waals surface area contributed by atoms with Gasteiger partial charge in [-0.3, -0.25) is 4.90 Å². The first-order valence-electron chi connectivity index (χ1n) is 15.1. The standard InChI is InChI=1S/C32H43N5O2/c1-20-14-27(33-32-30(20)34-31(35(32)2)22-8-9-28(38-3)29(17-22)39-4)21-10-12-36(13-11-21)26-15-23-18-37(19-24(23)16-26)25-6-5-7-25/h8-9,14,17,21,23-26H,5-7,10-13,15-16,18-19H2,1-4H3. The number of hydrogen-bond acceptors (Lipinski definition) is 6. The van der Waals surface area contributed by atoms with Gasteiger partial charge in [0, 0.05) is 49.4 Å². The van der Waals surface area contributed by atoms with Crippen molar-refractivity contribution in [3.63, 3.8) is 0 Å². The quantitative estimate of drug-likeness (QED) is 0.426. The average molecular weight is 530 g/mol. The third-order valence-electron chi connectivity index (χ3n) is 10.5. The molecule has 2 atom stereocenters. The Kier molecular flexibility index (Phi) is 6.55. The Morgan fingerprint density at radius 1 is 0.821 bits per heavy atom. The molecule has 7 nitrogen and oxygen atoms in total. The Morgan fingerprint density at radius 3 is 2.18 bits per heavy atom. The predicted molar refractivity (Wildman–Crippen MR) is 155 cm³/mol. The van der Waals surface area contributed by atoms with Crippen molar-refractivity contribution < 1.29 is 9.47 Å². The van der Waals surface area contributed by atoms with E-state index in [9.17, 15) is 0 Å². The van der Waals surface area contributed by atoms with E-state index < -0.39 is 0 Å². The molecule has 2 aromatic heterocycles. The fourth-order valence-corrected chi connectivity index (χ4v) is 7.98. The van der Waals surface area contributed by atoms with Gasteiger partial charge in [-0.2, -0.15) is 0 Å². The molecule has 3 aromatic rings. The Bertz CT molecular complexity index is 1340. The van der Waals surface area contributed by atoms with Crippen LogP contribution in [0.15, 0.2) is 24.3 Å². The number of aryl methyl sites for hydroxylation is 2. The molecule has 2 saturated carbocycles. The molecule has 4 aliphatic rings. The van der Waals surface area contributed by atoms with E-state index >= 15 is 0 Å². The Hall–Kier alpha value is -2.64. The van der Waals surface area contributed by atoms with E-state index in [2.05, 4.69) is 34.4 Å². The van der Waals surface area contributed by atoms with Gasteiger partial charge in [-0.05, 0) is 100 Å². The molecule has 7 heteroatoms. The number of imidazole rings is 1. The molecule has 0 radical (unpaired) electrons. The Balaban J connectivity index is 1.04. The van der Waals surface area contributed by atoms with Gasteiger partial charge in [-0.25, -0.2) is 9.97 Å². The summed E-state index contributed by atoms with van der Waals surface area (Å²) in [5.41, 5.74) is 5.40. The monoisotopic (exact) mass is 529 g/mol. The lowest BCUT2D eigenvalue weighted by Crippen LogP contribution is -2.42. The molecule has 4 fully saturated rings. The van der Waals surface area contributed by atoms with Crippen LogP contribution in [0, 0.1) is 18.8 Å². The van der Waals surface area contributed by atoms with Crippen molar-refractivity contribution in [2.24, 2.45) is 18.9 Å². The molecular formula is C32H43N5O2. The van der Waals surface area contributed by atoms with E-state index in [1.54, 1.807) is 14.2 Å². The molecule has 0 amide bonds. The maximum absolute atomic E-state index is 5.54. The largest absolute Gasteiger partial charge is 0.493 e. The summed E-state index contributed by atoms with van der Waals surface area (Å²) in [4.78, 5) is 15.9. The number of likely N-dealkylation sites (tertiary alicyclic amines) is 2. The Labute approximate surface area is 232 Å². The summed E-state index contributed by atoms with van der Waals surface area (Å²) in [5, 5.41) is 0. The smallest absolute Gasteiger partial charge is 0.161 e. The number of nitrogens with zero attached hydrogens (tertiary/aromatic N) is 5. The van der Waals surface area contributed by atoms with Crippen LogP contribution in [-0.2, 0) is 7.05 Å². The van der Waals surface area contributed by atoms with Crippen LogP contribution in [0.4, 0.5) is 0 Å². The van der Waals surface area contributed by atoms with Gasteiger partial charge in [0.1, 0.15) is 11.3 Å². The molecular weight excluding hydrogens is 486 g/mol. The van der Waals surface area contributed by atoms with Crippen molar-refractivity contribution >= 4 is 11.2 Å². The van der Waals surface area contributed by atoms with Crippen LogP contribution in [0.3, 0.4) is 0 Å². The highest BCUT2D eigenvalue weighted by Crippen LogP contribution is 2.44. The zero-order chi connectivity index (χ0) is 26.7. The van der Waals surface area contributed by atoms with Gasteiger partial charge in [-0.1, -0.05) is 6.42 Å². The molecule has 208 valence electrons. The second-order valence-electron chi connectivity index (χ2n) is 12.6. The highest BCUT2D eigenvalue weighted by molar-refractivity contribution is 5.81. The number of ether oxygens (including phenoxy) is 2. The zero-order valence-electron chi connectivity index (χ0n) is 24.0. The minimum absolute atomic E-state index is 0.527. The number of pyridine rings is 1. The number of aromatic nitrogens is 3. The molecule has 2 aliphatic heterocycles. The van der Waals surface area contributed by atoms with Crippen LogP contribution in [0.5, 0.6) is 11.5 Å². The molecule has 7 rings (SSSR count). The van der Waals surface area contributed by atoms with E-state index in [-0.39, 0.29) is 0 Å². The highest BCUT2D eigenvalue weighted by Gasteiger charge is 2.45. The summed E-state index contributed by atoms with van der Waals surface area (Å²) in [6.45, 7) is 7.35. The second-order valence-corrected chi connectivity index (χ2v) is 12.6. The maximum atomic E-state index is 5.54. The highest BCUT2D eigenvalue weighted by atomic mass is 16.5. The average Bonchev–Trinajstić information content (AvgIpc) is 3.60. The lowest BCUT2D eigenvalue weighted by atomic mass is 9.90. The molecule has 4 heterocycles. The number of piperidine rings is 1. The van der Waals surface area contributed by atoms with Gasteiger partial charge in [0.15, 0.2) is 17.1 Å². The molecule has 0 bridgehead atoms. The minimum Gasteiger partial charge on any atom is -0.493 e. The van der Waals surface area contributed by atoms with Crippen LogP contribution in [0.25, 0.3) is 22.6 Å². The molecule has 39 heavy (non-hydrogen) atoms. The first kappa shape index (κ1) is 25.3. The predicted octanol–water partition coefficient (Wildman–Crippen LogP) is 5.40. The number of hydrogen-bond donors (Lipinski definition) is 0. The van der Waals surface area contributed by atoms with E-state index in [0.717, 1.165) is 52.2 Å². The molecule has 2 unspecified atom stereocenters. The summed E-state index contributed by atoms with van der Waals surface area (Å²) in [5.74, 6) is 4.75. The van der Waals surface area contributed by atoms with Gasteiger partial charge in [0.25, 0.3) is 0 Å². The third kappa shape index (κ3) is 4.42. The summed E-state index contributed by atoms with van der Waals surface area (Å²) in [6.07, 6.45) is 9.62. The van der Waals surface area contributed by atoms with E-state index in [1.165, 1.54) is 82.4 Å². The van der Waals surface area contributed by atoms with Crippen molar-refractivity contribution in [1.82, 2.24) is 24.3 Å². The number of benzene rings is 1. The summed E-state index contributed by atoms with van der Waals surface area (Å²) >= 11 is 0. The van der Waals surface area contributed by atoms with E-state index in [1.807, 2.05) is 18.2 Å². The van der Waals surface area contributed by atoms with Crippen LogP contribution >= 0.6 is 0 Å². The van der Waals surface area contributed by atoms with Crippen molar-refractivity contribution in [1.29, 1.82) is 0 Å². The number of methoxy groups -OCH3 is 2. The second kappa shape index (κ2) is 10.1. The third-order valence-corrected chi connectivity index (χ3v) is 10.5. The van der Waals surface area contributed by atoms with Gasteiger partial charge in [0.2, 0.25) is 0 Å². The minimum atomic E-state index is 0.527. The van der Waals surface area contributed by atoms with Crippen molar-refractivity contribution in [2.75, 3.05) is 40.4 Å². The van der Waals surface area contributed by atoms with Crippen LogP contribution in [0.1, 0.15) is 62.1 Å². The van der Waals surface area contributed by atoms with Gasteiger partial charge < -0.3 is 18.9 Å². The fraction of sp³-hybridized carbons (Fsp3) is 0.625. The molecule has 2 aliphatic carbocycles. The first-order chi connectivity index (χ1) is 19.0. The first-order valence-corrected chi connectivity index (χ1v) is 15.1. The number of rotatable bonds is 6. The summed E-state index contributed by atoms with van der Waals surface area (Å²) in [6, 6.07) is 10.00.